The van der Waals surface area contributed by atoms with Gasteiger partial charge in [0.1, 0.15) is 0 Å². The number of likely N-dealkylation sites (tertiary alicyclic amines) is 1. The number of hydrogen-bond donors (Lipinski definition) is 3. The lowest BCUT2D eigenvalue weighted by Crippen LogP contribution is -2.42. The summed E-state index contributed by atoms with van der Waals surface area (Å²) < 4.78 is 14.6. The van der Waals surface area contributed by atoms with Crippen LogP contribution in [-0.4, -0.2) is 39.6 Å². The highest BCUT2D eigenvalue weighted by Crippen LogP contribution is 2.29. The Hall–Kier alpha value is -3.72. The number of aromatic amines is 1. The molecule has 1 fully saturated rings. The van der Waals surface area contributed by atoms with Crippen LogP contribution in [0.25, 0.3) is 10.9 Å². The molecule has 9 heteroatoms. The van der Waals surface area contributed by atoms with Gasteiger partial charge in [0.05, 0.1) is 22.7 Å². The highest BCUT2D eigenvalue weighted by Gasteiger charge is 2.30. The number of aromatic nitrogens is 2. The van der Waals surface area contributed by atoms with Gasteiger partial charge in [-0.25, -0.2) is 15.2 Å². The van der Waals surface area contributed by atoms with E-state index in [1.54, 1.807) is 4.90 Å². The Kier molecular flexibility index (Phi) is 6.18. The smallest absolute Gasteiger partial charge is 0.295 e. The maximum atomic E-state index is 14.6. The molecule has 1 aromatic carbocycles. The zero-order valence-corrected chi connectivity index (χ0v) is 17.5. The van der Waals surface area contributed by atoms with Crippen molar-refractivity contribution in [2.24, 2.45) is 17.5 Å². The maximum absolute atomic E-state index is 14.6. The maximum Gasteiger partial charge on any atom is 0.295 e. The fourth-order valence-electron chi connectivity index (χ4n) is 4.18. The second kappa shape index (κ2) is 9.19. The first kappa shape index (κ1) is 21.5. The average Bonchev–Trinajstić information content (AvgIpc) is 3.26. The van der Waals surface area contributed by atoms with E-state index < -0.39 is 17.5 Å². The second-order valence-electron chi connectivity index (χ2n) is 7.89. The Morgan fingerprint density at radius 3 is 2.66 bits per heavy atom. The van der Waals surface area contributed by atoms with Gasteiger partial charge in [0.2, 0.25) is 0 Å². The van der Waals surface area contributed by atoms with Gasteiger partial charge in [-0.2, -0.15) is 0 Å². The number of halogens is 1. The van der Waals surface area contributed by atoms with Crippen LogP contribution in [-0.2, 0) is 11.2 Å². The zero-order valence-electron chi connectivity index (χ0n) is 17.5. The average molecular weight is 436 g/mol. The van der Waals surface area contributed by atoms with Gasteiger partial charge in [0.15, 0.2) is 11.6 Å². The molecule has 0 radical (unpaired) electrons. The Bertz CT molecular complexity index is 1150. The predicted octanol–water partition coefficient (Wildman–Crippen LogP) is 2.48. The Morgan fingerprint density at radius 1 is 1.25 bits per heavy atom. The molecule has 0 bridgehead atoms. The molecule has 4 rings (SSSR count). The van der Waals surface area contributed by atoms with E-state index in [0.29, 0.717) is 19.0 Å². The van der Waals surface area contributed by atoms with E-state index in [1.807, 2.05) is 18.2 Å². The Morgan fingerprint density at radius 2 is 1.97 bits per heavy atom. The molecule has 0 spiro atoms. The summed E-state index contributed by atoms with van der Waals surface area (Å²) in [7, 11) is 0. The summed E-state index contributed by atoms with van der Waals surface area (Å²) in [6, 6.07) is 10.2. The van der Waals surface area contributed by atoms with Crippen molar-refractivity contribution >= 4 is 28.4 Å². The van der Waals surface area contributed by atoms with Gasteiger partial charge < -0.3 is 15.6 Å². The van der Waals surface area contributed by atoms with Gasteiger partial charge in [0, 0.05) is 31.7 Å². The molecule has 3 aromatic rings. The van der Waals surface area contributed by atoms with E-state index >= 15 is 0 Å². The van der Waals surface area contributed by atoms with E-state index in [2.05, 4.69) is 22.1 Å². The predicted molar refractivity (Wildman–Crippen MR) is 120 cm³/mol. The van der Waals surface area contributed by atoms with Gasteiger partial charge >= 0.3 is 0 Å². The lowest BCUT2D eigenvalue weighted by Gasteiger charge is -2.31. The number of benzene rings is 1. The summed E-state index contributed by atoms with van der Waals surface area (Å²) in [4.78, 5) is 34.2. The van der Waals surface area contributed by atoms with Crippen molar-refractivity contribution in [1.29, 1.82) is 0 Å². The molecule has 2 aromatic heterocycles. The van der Waals surface area contributed by atoms with Gasteiger partial charge in [0.25, 0.3) is 11.7 Å². The minimum atomic E-state index is -0.758. The number of carbonyl (C=O) groups excluding carboxylic acids is 2. The standard InChI is InChI=1S/C23H25FN6O2/c24-18-14-28-22(30(26)11-8-25)20-19(18)17(13-27-20)21(31)23(32)29-9-6-16(7-10-29)12-15-4-2-1-3-5-15/h1-5,8,11,13-14,16,27H,6-7,9-10,12,25-26H2/b11-8-. The minimum absolute atomic E-state index is 0.0202. The van der Waals surface area contributed by atoms with E-state index in [-0.39, 0.29) is 22.3 Å². The zero-order chi connectivity index (χ0) is 22.7. The molecule has 3 heterocycles. The normalized spacial score (nSPS) is 14.9. The van der Waals surface area contributed by atoms with Gasteiger partial charge in [-0.1, -0.05) is 30.3 Å². The number of nitrogens with two attached hydrogens (primary N) is 2. The molecular weight excluding hydrogens is 411 g/mol. The molecule has 0 unspecified atom stereocenters. The molecule has 166 valence electrons. The molecule has 0 saturated carbocycles. The summed E-state index contributed by atoms with van der Waals surface area (Å²) in [5, 5.41) is 1.08. The number of nitrogens with one attached hydrogen (secondary N) is 1. The SMILES string of the molecule is N/C=C\N(N)c1ncc(F)c2c(C(=O)C(=O)N3CCC(Cc4ccccc4)CC3)c[nH]c12. The van der Waals surface area contributed by atoms with Crippen molar-refractivity contribution in [1.82, 2.24) is 14.9 Å². The van der Waals surface area contributed by atoms with Crippen LogP contribution in [0.4, 0.5) is 10.2 Å². The molecule has 1 aliphatic heterocycles. The number of H-pyrrole nitrogens is 1. The van der Waals surface area contributed by atoms with Gasteiger partial charge in [-0.15, -0.1) is 0 Å². The molecule has 0 atom stereocenters. The third-order valence-corrected chi connectivity index (χ3v) is 5.84. The topological polar surface area (TPSA) is 121 Å². The number of Topliss-reactive ketones (excluding diaryl/α,β-unsaturated/α-hetero) is 1. The molecule has 1 saturated heterocycles. The lowest BCUT2D eigenvalue weighted by molar-refractivity contribution is -0.127. The number of anilines is 1. The number of carbonyl (C=O) groups is 2. The quantitative estimate of drug-likeness (QED) is 0.236. The number of amides is 1. The molecular formula is C23H25FN6O2. The number of hydrazine groups is 1. The molecule has 32 heavy (non-hydrogen) atoms. The van der Waals surface area contributed by atoms with Crippen LogP contribution < -0.4 is 16.6 Å². The fraction of sp³-hybridized carbons (Fsp3) is 0.261. The molecule has 1 amide bonds. The van der Waals surface area contributed by atoms with Gasteiger partial charge in [-0.3, -0.25) is 14.6 Å². The van der Waals surface area contributed by atoms with Crippen LogP contribution in [0, 0.1) is 11.7 Å². The third kappa shape index (κ3) is 4.19. The highest BCUT2D eigenvalue weighted by atomic mass is 19.1. The van der Waals surface area contributed by atoms with Crippen LogP contribution in [0.2, 0.25) is 0 Å². The van der Waals surface area contributed by atoms with Crippen molar-refractivity contribution in [2.75, 3.05) is 18.1 Å². The summed E-state index contributed by atoms with van der Waals surface area (Å²) in [5.41, 5.74) is 6.79. The summed E-state index contributed by atoms with van der Waals surface area (Å²) in [5.74, 6) is 4.39. The highest BCUT2D eigenvalue weighted by molar-refractivity contribution is 6.45. The summed E-state index contributed by atoms with van der Waals surface area (Å²) in [6.45, 7) is 0.995. The molecule has 8 nitrogen and oxygen atoms in total. The van der Waals surface area contributed by atoms with Crippen molar-refractivity contribution in [3.8, 4) is 0 Å². The number of ketones is 1. The fourth-order valence-corrected chi connectivity index (χ4v) is 4.18. The Balaban J connectivity index is 1.49. The summed E-state index contributed by atoms with van der Waals surface area (Å²) >= 11 is 0. The van der Waals surface area contributed by atoms with Crippen LogP contribution >= 0.6 is 0 Å². The number of fused-ring (bicyclic) bond motifs is 1. The lowest BCUT2D eigenvalue weighted by atomic mass is 9.90. The number of pyridine rings is 1. The minimum Gasteiger partial charge on any atom is -0.403 e. The third-order valence-electron chi connectivity index (χ3n) is 5.84. The van der Waals surface area contributed by atoms with Crippen LogP contribution in [0.3, 0.4) is 0 Å². The molecule has 5 N–H and O–H groups in total. The largest absolute Gasteiger partial charge is 0.403 e. The first-order chi connectivity index (χ1) is 15.5. The number of piperidine rings is 1. The van der Waals surface area contributed by atoms with Crippen LogP contribution in [0.15, 0.2) is 55.1 Å². The number of nitrogens with zero attached hydrogens (tertiary/aromatic N) is 3. The Labute approximate surface area is 184 Å². The van der Waals surface area contributed by atoms with E-state index in [0.717, 1.165) is 30.5 Å². The molecule has 0 aliphatic carbocycles. The number of rotatable bonds is 6. The van der Waals surface area contributed by atoms with E-state index in [4.69, 9.17) is 11.6 Å². The first-order valence-corrected chi connectivity index (χ1v) is 10.4. The monoisotopic (exact) mass is 436 g/mol. The van der Waals surface area contributed by atoms with Crippen molar-refractivity contribution in [3.63, 3.8) is 0 Å². The van der Waals surface area contributed by atoms with Gasteiger partial charge in [-0.05, 0) is 30.7 Å². The second-order valence-corrected chi connectivity index (χ2v) is 7.89. The van der Waals surface area contributed by atoms with Crippen LogP contribution in [0.1, 0.15) is 28.8 Å². The first-order valence-electron chi connectivity index (χ1n) is 10.4. The molecule has 1 aliphatic rings. The van der Waals surface area contributed by atoms with Crippen LogP contribution in [0.5, 0.6) is 0 Å². The van der Waals surface area contributed by atoms with Crippen molar-refractivity contribution < 1.29 is 14.0 Å². The summed E-state index contributed by atoms with van der Waals surface area (Å²) in [6.07, 6.45) is 7.42. The van der Waals surface area contributed by atoms with E-state index in [9.17, 15) is 14.0 Å². The number of hydrogen-bond acceptors (Lipinski definition) is 6. The van der Waals surface area contributed by atoms with E-state index in [1.165, 1.54) is 24.2 Å². The van der Waals surface area contributed by atoms with Crippen molar-refractivity contribution in [3.05, 3.63) is 72.1 Å². The van der Waals surface area contributed by atoms with Crippen molar-refractivity contribution in [2.45, 2.75) is 19.3 Å².